The van der Waals surface area contributed by atoms with E-state index in [-0.39, 0.29) is 11.7 Å². The number of halogens is 3. The van der Waals surface area contributed by atoms with Crippen LogP contribution in [0.1, 0.15) is 12.1 Å². The Kier molecular flexibility index (Phi) is 4.67. The van der Waals surface area contributed by atoms with Crippen LogP contribution in [0.3, 0.4) is 0 Å². The Morgan fingerprint density at radius 2 is 1.86 bits per heavy atom. The summed E-state index contributed by atoms with van der Waals surface area (Å²) in [6.07, 6.45) is 1.82. The Morgan fingerprint density at radius 3 is 2.59 bits per heavy atom. The molecule has 1 unspecified atom stereocenters. The third-order valence-corrected chi connectivity index (χ3v) is 5.12. The number of anilines is 3. The van der Waals surface area contributed by atoms with Crippen molar-refractivity contribution in [3.8, 4) is 0 Å². The average Bonchev–Trinajstić information content (AvgIpc) is 3.34. The molecule has 1 fully saturated rings. The van der Waals surface area contributed by atoms with E-state index in [1.807, 2.05) is 37.0 Å². The topological polar surface area (TPSA) is 65.7 Å². The summed E-state index contributed by atoms with van der Waals surface area (Å²) in [6, 6.07) is 2.05. The molecule has 29 heavy (non-hydrogen) atoms. The minimum Gasteiger partial charge on any atom is -0.363 e. The van der Waals surface area contributed by atoms with Gasteiger partial charge in [0.1, 0.15) is 18.0 Å². The van der Waals surface area contributed by atoms with Gasteiger partial charge in [0.15, 0.2) is 17.2 Å². The molecule has 1 saturated heterocycles. The molecule has 4 rings (SSSR count). The van der Waals surface area contributed by atoms with Gasteiger partial charge in [-0.15, -0.1) is 0 Å². The number of hydrogen-bond donors (Lipinski definition) is 0. The maximum absolute atomic E-state index is 13.0. The summed E-state index contributed by atoms with van der Waals surface area (Å²) in [5.74, 6) is 2.05. The van der Waals surface area contributed by atoms with Gasteiger partial charge in [0.25, 0.3) is 0 Å². The van der Waals surface area contributed by atoms with Crippen LogP contribution in [0.15, 0.2) is 31.0 Å². The molecule has 8 nitrogen and oxygen atoms in total. The van der Waals surface area contributed by atoms with E-state index in [2.05, 4.69) is 24.8 Å². The second kappa shape index (κ2) is 7.05. The molecular weight excluding hydrogens is 385 g/mol. The van der Waals surface area contributed by atoms with Crippen molar-refractivity contribution in [3.63, 3.8) is 0 Å². The van der Waals surface area contributed by atoms with E-state index in [0.717, 1.165) is 24.3 Å². The fourth-order valence-electron chi connectivity index (χ4n) is 3.48. The van der Waals surface area contributed by atoms with Gasteiger partial charge in [-0.1, -0.05) is 0 Å². The molecule has 3 aromatic rings. The molecule has 0 bridgehead atoms. The fraction of sp³-hybridized carbons (Fsp3) is 0.444. The van der Waals surface area contributed by atoms with Crippen molar-refractivity contribution in [1.29, 1.82) is 0 Å². The zero-order valence-electron chi connectivity index (χ0n) is 16.3. The van der Waals surface area contributed by atoms with Crippen molar-refractivity contribution in [1.82, 2.24) is 24.3 Å². The Bertz CT molecular complexity index is 1020. The molecule has 3 aromatic heterocycles. The largest absolute Gasteiger partial charge is 0.434 e. The van der Waals surface area contributed by atoms with Crippen LogP contribution < -0.4 is 14.7 Å². The van der Waals surface area contributed by atoms with Gasteiger partial charge in [0.2, 0.25) is 0 Å². The van der Waals surface area contributed by atoms with Crippen LogP contribution in [-0.2, 0) is 6.18 Å². The summed E-state index contributed by atoms with van der Waals surface area (Å²) >= 11 is 0. The third-order valence-electron chi connectivity index (χ3n) is 5.12. The van der Waals surface area contributed by atoms with E-state index in [1.54, 1.807) is 0 Å². The zero-order valence-corrected chi connectivity index (χ0v) is 16.3. The van der Waals surface area contributed by atoms with Crippen molar-refractivity contribution in [3.05, 3.63) is 36.7 Å². The molecule has 1 aliphatic heterocycles. The van der Waals surface area contributed by atoms with Crippen molar-refractivity contribution in [2.24, 2.45) is 0 Å². The van der Waals surface area contributed by atoms with E-state index in [4.69, 9.17) is 0 Å². The summed E-state index contributed by atoms with van der Waals surface area (Å²) in [7, 11) is 5.78. The van der Waals surface area contributed by atoms with Crippen LogP contribution in [0.25, 0.3) is 5.65 Å². The quantitative estimate of drug-likeness (QED) is 0.659. The lowest BCUT2D eigenvalue weighted by atomic mass is 10.2. The summed E-state index contributed by atoms with van der Waals surface area (Å²) in [5, 5.41) is 0. The number of alkyl halides is 3. The van der Waals surface area contributed by atoms with Crippen molar-refractivity contribution >= 4 is 23.1 Å². The number of hydrogen-bond acceptors (Lipinski definition) is 7. The lowest BCUT2D eigenvalue weighted by Gasteiger charge is -2.26. The summed E-state index contributed by atoms with van der Waals surface area (Å²) in [5.41, 5.74) is -0.711. The van der Waals surface area contributed by atoms with Gasteiger partial charge in [-0.2, -0.15) is 13.2 Å². The SMILES string of the molecule is CN(C)c1cc(N(C)C2CCN(c3nccn4cc(C(F)(F)F)nc34)C2)ncn1. The first-order valence-electron chi connectivity index (χ1n) is 9.12. The Labute approximate surface area is 165 Å². The molecular formula is C18H21F3N8. The summed E-state index contributed by atoms with van der Waals surface area (Å²) in [4.78, 5) is 22.6. The molecule has 0 spiro atoms. The number of fused-ring (bicyclic) bond motifs is 1. The first-order chi connectivity index (χ1) is 13.7. The van der Waals surface area contributed by atoms with E-state index >= 15 is 0 Å². The lowest BCUT2D eigenvalue weighted by Crippen LogP contribution is -2.35. The molecule has 0 saturated carbocycles. The number of aromatic nitrogens is 5. The lowest BCUT2D eigenvalue weighted by molar-refractivity contribution is -0.140. The van der Waals surface area contributed by atoms with Crippen molar-refractivity contribution in [2.75, 3.05) is 48.9 Å². The predicted molar refractivity (Wildman–Crippen MR) is 103 cm³/mol. The van der Waals surface area contributed by atoms with Gasteiger partial charge in [0.05, 0.1) is 0 Å². The van der Waals surface area contributed by atoms with Crippen LogP contribution in [0.5, 0.6) is 0 Å². The predicted octanol–water partition coefficient (Wildman–Crippen LogP) is 2.32. The molecule has 0 aromatic carbocycles. The second-order valence-corrected chi connectivity index (χ2v) is 7.23. The third kappa shape index (κ3) is 3.64. The van der Waals surface area contributed by atoms with E-state index in [9.17, 15) is 13.2 Å². The molecule has 0 amide bonds. The second-order valence-electron chi connectivity index (χ2n) is 7.23. The highest BCUT2D eigenvalue weighted by Gasteiger charge is 2.35. The Morgan fingerprint density at radius 1 is 1.10 bits per heavy atom. The number of rotatable bonds is 4. The fourth-order valence-corrected chi connectivity index (χ4v) is 3.48. The molecule has 0 radical (unpaired) electrons. The van der Waals surface area contributed by atoms with E-state index < -0.39 is 11.9 Å². The zero-order chi connectivity index (χ0) is 20.8. The number of likely N-dealkylation sites (N-methyl/N-ethyl adjacent to an activating group) is 1. The highest BCUT2D eigenvalue weighted by Crippen LogP contribution is 2.31. The molecule has 4 heterocycles. The van der Waals surface area contributed by atoms with Crippen LogP contribution in [0, 0.1) is 0 Å². The van der Waals surface area contributed by atoms with Gasteiger partial charge < -0.3 is 19.1 Å². The maximum atomic E-state index is 13.0. The average molecular weight is 406 g/mol. The molecule has 0 N–H and O–H groups in total. The van der Waals surface area contributed by atoms with Crippen LogP contribution in [-0.4, -0.2) is 64.6 Å². The van der Waals surface area contributed by atoms with Crippen molar-refractivity contribution < 1.29 is 13.2 Å². The Hall–Kier alpha value is -3.11. The van der Waals surface area contributed by atoms with E-state index in [1.165, 1.54) is 23.1 Å². The monoisotopic (exact) mass is 406 g/mol. The molecule has 11 heteroatoms. The molecule has 1 atom stereocenters. The van der Waals surface area contributed by atoms with Crippen LogP contribution in [0.4, 0.5) is 30.6 Å². The number of nitrogens with zero attached hydrogens (tertiary/aromatic N) is 8. The van der Waals surface area contributed by atoms with Gasteiger partial charge in [0, 0.05) is 64.9 Å². The minimum absolute atomic E-state index is 0.138. The molecule has 154 valence electrons. The highest BCUT2D eigenvalue weighted by molar-refractivity contribution is 5.65. The van der Waals surface area contributed by atoms with Crippen LogP contribution >= 0.6 is 0 Å². The van der Waals surface area contributed by atoms with E-state index in [0.29, 0.717) is 18.9 Å². The molecule has 1 aliphatic rings. The minimum atomic E-state index is -4.49. The summed E-state index contributed by atoms with van der Waals surface area (Å²) in [6.45, 7) is 1.28. The smallest absolute Gasteiger partial charge is 0.363 e. The number of imidazole rings is 1. The maximum Gasteiger partial charge on any atom is 0.434 e. The Balaban J connectivity index is 1.57. The standard InChI is InChI=1S/C18H21F3N8/c1-26(2)14-8-15(24-11-23-14)27(3)12-4-6-28(9-12)16-17-25-13(18(19,20)21)10-29(17)7-5-22-16/h5,7-8,10-12H,4,6,9H2,1-3H3. The van der Waals surface area contributed by atoms with Gasteiger partial charge in [-0.3, -0.25) is 0 Å². The first kappa shape index (κ1) is 19.2. The summed E-state index contributed by atoms with van der Waals surface area (Å²) < 4.78 is 40.5. The van der Waals surface area contributed by atoms with Crippen LogP contribution in [0.2, 0.25) is 0 Å². The first-order valence-corrected chi connectivity index (χ1v) is 9.12. The normalized spacial score (nSPS) is 17.2. The van der Waals surface area contributed by atoms with Crippen molar-refractivity contribution in [2.45, 2.75) is 18.6 Å². The van der Waals surface area contributed by atoms with Gasteiger partial charge in [-0.25, -0.2) is 19.9 Å². The van der Waals surface area contributed by atoms with Gasteiger partial charge in [-0.05, 0) is 6.42 Å². The molecule has 0 aliphatic carbocycles. The highest BCUT2D eigenvalue weighted by atomic mass is 19.4. The van der Waals surface area contributed by atoms with Gasteiger partial charge >= 0.3 is 6.18 Å².